The molecule has 5 heteroatoms. The number of nitrogens with one attached hydrogen (secondary N) is 1. The molecular weight excluding hydrogens is 218 g/mol. The van der Waals surface area contributed by atoms with E-state index in [1.54, 1.807) is 31.3 Å². The fourth-order valence-corrected chi connectivity index (χ4v) is 1.35. The number of likely N-dealkylation sites (N-methyl/N-ethyl adjacent to an activating group) is 1. The largest absolute Gasteiger partial charge is 0.384 e. The Bertz CT molecular complexity index is 351. The van der Waals surface area contributed by atoms with Crippen molar-refractivity contribution in [2.45, 2.75) is 6.92 Å². The Morgan fingerprint density at radius 1 is 1.53 bits per heavy atom. The lowest BCUT2D eigenvalue weighted by Gasteiger charge is -2.16. The zero-order valence-electron chi connectivity index (χ0n) is 10.6. The van der Waals surface area contributed by atoms with Crippen LogP contribution in [0.1, 0.15) is 17.4 Å². The maximum absolute atomic E-state index is 11.9. The maximum Gasteiger partial charge on any atom is 0.272 e. The average Bonchev–Trinajstić information content (AvgIpc) is 2.36. The van der Waals surface area contributed by atoms with Crippen LogP contribution in [0.3, 0.4) is 0 Å². The molecule has 0 saturated heterocycles. The summed E-state index contributed by atoms with van der Waals surface area (Å²) in [5.74, 6) is -0.0925. The Morgan fingerprint density at radius 2 is 2.29 bits per heavy atom. The van der Waals surface area contributed by atoms with E-state index in [1.807, 2.05) is 13.0 Å². The van der Waals surface area contributed by atoms with Crippen LogP contribution in [0.25, 0.3) is 0 Å². The SMILES string of the molecule is CCNc1ccc(C(=O)N(C)CCOC)nc1. The Kier molecular flexibility index (Phi) is 5.42. The first-order valence-corrected chi connectivity index (χ1v) is 5.63. The number of nitrogens with zero attached hydrogens (tertiary/aromatic N) is 2. The van der Waals surface area contributed by atoms with Crippen molar-refractivity contribution in [2.75, 3.05) is 39.2 Å². The molecule has 0 fully saturated rings. The molecule has 0 bridgehead atoms. The van der Waals surface area contributed by atoms with Crippen LogP contribution < -0.4 is 5.32 Å². The van der Waals surface area contributed by atoms with Gasteiger partial charge < -0.3 is 15.0 Å². The third kappa shape index (κ3) is 4.03. The number of carbonyl (C=O) groups excluding carboxylic acids is 1. The summed E-state index contributed by atoms with van der Waals surface area (Å²) in [7, 11) is 3.35. The third-order valence-electron chi connectivity index (χ3n) is 2.34. The number of amides is 1. The van der Waals surface area contributed by atoms with Gasteiger partial charge in [0.2, 0.25) is 0 Å². The molecule has 1 N–H and O–H groups in total. The minimum absolute atomic E-state index is 0.0925. The Morgan fingerprint density at radius 3 is 2.82 bits per heavy atom. The van der Waals surface area contributed by atoms with Crippen LogP contribution in [-0.4, -0.2) is 49.6 Å². The van der Waals surface area contributed by atoms with Gasteiger partial charge in [-0.3, -0.25) is 4.79 Å². The van der Waals surface area contributed by atoms with E-state index in [4.69, 9.17) is 4.74 Å². The normalized spacial score (nSPS) is 10.1. The van der Waals surface area contributed by atoms with Crippen molar-refractivity contribution in [1.29, 1.82) is 0 Å². The minimum Gasteiger partial charge on any atom is -0.384 e. The molecule has 94 valence electrons. The summed E-state index contributed by atoms with van der Waals surface area (Å²) in [4.78, 5) is 17.6. The lowest BCUT2D eigenvalue weighted by atomic mass is 10.3. The highest BCUT2D eigenvalue weighted by atomic mass is 16.5. The van der Waals surface area contributed by atoms with E-state index in [2.05, 4.69) is 10.3 Å². The van der Waals surface area contributed by atoms with E-state index >= 15 is 0 Å². The first-order valence-electron chi connectivity index (χ1n) is 5.63. The molecule has 0 aliphatic carbocycles. The summed E-state index contributed by atoms with van der Waals surface area (Å²) < 4.78 is 4.93. The molecule has 1 heterocycles. The van der Waals surface area contributed by atoms with Gasteiger partial charge in [0.15, 0.2) is 0 Å². The molecule has 0 saturated carbocycles. The third-order valence-corrected chi connectivity index (χ3v) is 2.34. The van der Waals surface area contributed by atoms with E-state index in [9.17, 15) is 4.79 Å². The minimum atomic E-state index is -0.0925. The second-order valence-corrected chi connectivity index (χ2v) is 3.68. The molecule has 0 aliphatic heterocycles. The second-order valence-electron chi connectivity index (χ2n) is 3.68. The molecule has 17 heavy (non-hydrogen) atoms. The van der Waals surface area contributed by atoms with E-state index < -0.39 is 0 Å². The predicted octanol–water partition coefficient (Wildman–Crippen LogP) is 1.23. The first kappa shape index (κ1) is 13.4. The number of hydrogen-bond donors (Lipinski definition) is 1. The van der Waals surface area contributed by atoms with E-state index in [1.165, 1.54) is 0 Å². The molecule has 0 aliphatic rings. The van der Waals surface area contributed by atoms with Gasteiger partial charge in [0.05, 0.1) is 18.5 Å². The van der Waals surface area contributed by atoms with Gasteiger partial charge in [-0.1, -0.05) is 0 Å². The van der Waals surface area contributed by atoms with Crippen molar-refractivity contribution >= 4 is 11.6 Å². The van der Waals surface area contributed by atoms with Crippen molar-refractivity contribution in [1.82, 2.24) is 9.88 Å². The molecule has 0 radical (unpaired) electrons. The molecule has 5 nitrogen and oxygen atoms in total. The Labute approximate surface area is 102 Å². The van der Waals surface area contributed by atoms with Gasteiger partial charge in [-0.25, -0.2) is 4.98 Å². The van der Waals surface area contributed by atoms with E-state index in [0.717, 1.165) is 12.2 Å². The quantitative estimate of drug-likeness (QED) is 0.808. The van der Waals surface area contributed by atoms with Gasteiger partial charge in [0.1, 0.15) is 5.69 Å². The fraction of sp³-hybridized carbons (Fsp3) is 0.500. The molecule has 0 spiro atoms. The van der Waals surface area contributed by atoms with Crippen molar-refractivity contribution in [3.05, 3.63) is 24.0 Å². The van der Waals surface area contributed by atoms with Gasteiger partial charge >= 0.3 is 0 Å². The molecule has 0 unspecified atom stereocenters. The van der Waals surface area contributed by atoms with Crippen LogP contribution in [0, 0.1) is 0 Å². The monoisotopic (exact) mass is 237 g/mol. The zero-order valence-corrected chi connectivity index (χ0v) is 10.6. The van der Waals surface area contributed by atoms with Gasteiger partial charge in [-0.05, 0) is 19.1 Å². The van der Waals surface area contributed by atoms with Crippen LogP contribution in [-0.2, 0) is 4.74 Å². The molecule has 0 atom stereocenters. The van der Waals surface area contributed by atoms with Gasteiger partial charge in [-0.15, -0.1) is 0 Å². The van der Waals surface area contributed by atoms with Crippen molar-refractivity contribution in [2.24, 2.45) is 0 Å². The Hall–Kier alpha value is -1.62. The van der Waals surface area contributed by atoms with Crippen LogP contribution in [0.4, 0.5) is 5.69 Å². The first-order chi connectivity index (χ1) is 8.19. The van der Waals surface area contributed by atoms with Crippen molar-refractivity contribution in [3.63, 3.8) is 0 Å². The average molecular weight is 237 g/mol. The summed E-state index contributed by atoms with van der Waals surface area (Å²) in [5, 5.41) is 3.13. The molecular formula is C12H19N3O2. The summed E-state index contributed by atoms with van der Waals surface area (Å²) >= 11 is 0. The topological polar surface area (TPSA) is 54.5 Å². The number of ether oxygens (including phenoxy) is 1. The van der Waals surface area contributed by atoms with Gasteiger partial charge in [-0.2, -0.15) is 0 Å². The number of anilines is 1. The summed E-state index contributed by atoms with van der Waals surface area (Å²) in [6.45, 7) is 3.93. The highest BCUT2D eigenvalue weighted by Gasteiger charge is 2.12. The summed E-state index contributed by atoms with van der Waals surface area (Å²) in [5.41, 5.74) is 1.37. The number of rotatable bonds is 6. The number of carbonyl (C=O) groups is 1. The smallest absolute Gasteiger partial charge is 0.272 e. The van der Waals surface area contributed by atoms with Crippen molar-refractivity contribution < 1.29 is 9.53 Å². The fourth-order valence-electron chi connectivity index (χ4n) is 1.35. The van der Waals surface area contributed by atoms with Crippen molar-refractivity contribution in [3.8, 4) is 0 Å². The molecule has 1 aromatic heterocycles. The lowest BCUT2D eigenvalue weighted by Crippen LogP contribution is -2.30. The summed E-state index contributed by atoms with van der Waals surface area (Å²) in [6.07, 6.45) is 1.67. The Balaban J connectivity index is 2.62. The van der Waals surface area contributed by atoms with Crippen LogP contribution >= 0.6 is 0 Å². The molecule has 1 aromatic rings. The number of methoxy groups -OCH3 is 1. The van der Waals surface area contributed by atoms with Crippen LogP contribution in [0.2, 0.25) is 0 Å². The van der Waals surface area contributed by atoms with Crippen LogP contribution in [0.15, 0.2) is 18.3 Å². The second kappa shape index (κ2) is 6.85. The van der Waals surface area contributed by atoms with Gasteiger partial charge in [0, 0.05) is 27.2 Å². The summed E-state index contributed by atoms with van der Waals surface area (Å²) in [6, 6.07) is 3.58. The molecule has 0 aromatic carbocycles. The number of aromatic nitrogens is 1. The number of hydrogen-bond acceptors (Lipinski definition) is 4. The molecule has 1 amide bonds. The highest BCUT2D eigenvalue weighted by molar-refractivity contribution is 5.92. The van der Waals surface area contributed by atoms with E-state index in [-0.39, 0.29) is 5.91 Å². The van der Waals surface area contributed by atoms with Gasteiger partial charge in [0.25, 0.3) is 5.91 Å². The highest BCUT2D eigenvalue weighted by Crippen LogP contribution is 2.07. The number of pyridine rings is 1. The maximum atomic E-state index is 11.9. The van der Waals surface area contributed by atoms with Crippen LogP contribution in [0.5, 0.6) is 0 Å². The molecule has 1 rings (SSSR count). The standard InChI is InChI=1S/C12H19N3O2/c1-4-13-10-5-6-11(14-9-10)12(16)15(2)7-8-17-3/h5-6,9,13H,4,7-8H2,1-3H3. The zero-order chi connectivity index (χ0) is 12.7. The predicted molar refractivity (Wildman–Crippen MR) is 67.2 cm³/mol. The van der Waals surface area contributed by atoms with E-state index in [0.29, 0.717) is 18.8 Å². The lowest BCUT2D eigenvalue weighted by molar-refractivity contribution is 0.0738.